The van der Waals surface area contributed by atoms with E-state index < -0.39 is 18.5 Å². The van der Waals surface area contributed by atoms with Crippen molar-refractivity contribution in [3.63, 3.8) is 0 Å². The van der Waals surface area contributed by atoms with Gasteiger partial charge in [-0.1, -0.05) is 41.4 Å². The molecule has 0 aliphatic rings. The maximum absolute atomic E-state index is 12.1. The minimum Gasteiger partial charge on any atom is -0.456 e. The lowest BCUT2D eigenvalue weighted by Gasteiger charge is -2.10. The highest BCUT2D eigenvalue weighted by Gasteiger charge is 2.14. The van der Waals surface area contributed by atoms with Gasteiger partial charge < -0.3 is 10.1 Å². The summed E-state index contributed by atoms with van der Waals surface area (Å²) in [6, 6.07) is 15.3. The van der Waals surface area contributed by atoms with E-state index in [1.54, 1.807) is 47.3 Å². The van der Waals surface area contributed by atoms with E-state index in [0.29, 0.717) is 28.0 Å². The maximum atomic E-state index is 12.1. The number of nitrogens with one attached hydrogen (secondary N) is 1. The third-order valence-corrected chi connectivity index (χ3v) is 4.97. The number of benzene rings is 2. The Hall–Kier alpha value is -3.16. The summed E-state index contributed by atoms with van der Waals surface area (Å²) < 4.78 is 6.54. The van der Waals surface area contributed by atoms with Crippen molar-refractivity contribution < 1.29 is 19.1 Å². The van der Waals surface area contributed by atoms with Gasteiger partial charge in [0, 0.05) is 28.1 Å². The first-order chi connectivity index (χ1) is 14.9. The highest BCUT2D eigenvalue weighted by molar-refractivity contribution is 6.31. The van der Waals surface area contributed by atoms with E-state index in [9.17, 15) is 14.4 Å². The Kier molecular flexibility index (Phi) is 7.81. The maximum Gasteiger partial charge on any atom is 0.306 e. The number of Topliss-reactive ketones (excluding diaryl/α,β-unsaturated/α-hetero) is 1. The van der Waals surface area contributed by atoms with Crippen molar-refractivity contribution in [2.24, 2.45) is 0 Å². The fourth-order valence-corrected chi connectivity index (χ4v) is 3.07. The lowest BCUT2D eigenvalue weighted by molar-refractivity contribution is -0.147. The van der Waals surface area contributed by atoms with Crippen LogP contribution in [0, 0.1) is 0 Å². The zero-order valence-electron chi connectivity index (χ0n) is 16.4. The number of nitrogens with zero attached hydrogens (tertiary/aromatic N) is 2. The van der Waals surface area contributed by atoms with Crippen molar-refractivity contribution >= 4 is 46.7 Å². The molecule has 3 rings (SSSR count). The summed E-state index contributed by atoms with van der Waals surface area (Å²) in [5.41, 5.74) is 1.31. The molecule has 7 nitrogen and oxygen atoms in total. The van der Waals surface area contributed by atoms with Gasteiger partial charge in [-0.25, -0.2) is 4.68 Å². The standard InChI is InChI=1S/C22H19Cl2N3O4/c23-17-7-5-15(6-8-17)19(28)9-10-22(30)31-14-21(29)26-20-11-12-25-27(20)13-16-3-1-2-4-18(16)24/h1-8,11-12H,9-10,13-14H2,(H,26,29). The van der Waals surface area contributed by atoms with Crippen LogP contribution in [0.3, 0.4) is 0 Å². The zero-order chi connectivity index (χ0) is 22.2. The predicted octanol–water partition coefficient (Wildman–Crippen LogP) is 4.38. The largest absolute Gasteiger partial charge is 0.456 e. The number of carbonyl (C=O) groups excluding carboxylic acids is 3. The minimum absolute atomic E-state index is 0.0211. The fraction of sp³-hybridized carbons (Fsp3) is 0.182. The molecule has 1 amide bonds. The molecule has 2 aromatic carbocycles. The molecular formula is C22H19Cl2N3O4. The SMILES string of the molecule is O=C(COC(=O)CCC(=O)c1ccc(Cl)cc1)Nc1ccnn1Cc1ccccc1Cl. The first-order valence-corrected chi connectivity index (χ1v) is 10.2. The van der Waals surface area contributed by atoms with Crippen LogP contribution in [0.25, 0.3) is 0 Å². The van der Waals surface area contributed by atoms with Gasteiger partial charge in [0.05, 0.1) is 19.2 Å². The van der Waals surface area contributed by atoms with Crippen LogP contribution in [0.1, 0.15) is 28.8 Å². The lowest BCUT2D eigenvalue weighted by Crippen LogP contribution is -2.23. The van der Waals surface area contributed by atoms with Gasteiger partial charge in [-0.2, -0.15) is 5.10 Å². The molecule has 1 heterocycles. The molecule has 0 radical (unpaired) electrons. The molecule has 3 aromatic rings. The van der Waals surface area contributed by atoms with Crippen LogP contribution in [0.2, 0.25) is 10.0 Å². The minimum atomic E-state index is -0.637. The first kappa shape index (κ1) is 22.5. The summed E-state index contributed by atoms with van der Waals surface area (Å²) in [7, 11) is 0. The highest BCUT2D eigenvalue weighted by atomic mass is 35.5. The molecule has 160 valence electrons. The van der Waals surface area contributed by atoms with Crippen LogP contribution in [0.15, 0.2) is 60.8 Å². The molecule has 0 saturated carbocycles. The van der Waals surface area contributed by atoms with Crippen molar-refractivity contribution in [2.45, 2.75) is 19.4 Å². The van der Waals surface area contributed by atoms with E-state index in [1.807, 2.05) is 18.2 Å². The molecule has 0 aliphatic carbocycles. The smallest absolute Gasteiger partial charge is 0.306 e. The van der Waals surface area contributed by atoms with Crippen LogP contribution in [0.4, 0.5) is 5.82 Å². The second kappa shape index (κ2) is 10.7. The van der Waals surface area contributed by atoms with E-state index in [0.717, 1.165) is 5.56 Å². The van der Waals surface area contributed by atoms with Gasteiger partial charge in [0.2, 0.25) is 0 Å². The van der Waals surface area contributed by atoms with Gasteiger partial charge >= 0.3 is 5.97 Å². The number of hydrogen-bond acceptors (Lipinski definition) is 5. The summed E-state index contributed by atoms with van der Waals surface area (Å²) in [4.78, 5) is 36.1. The number of anilines is 1. The Balaban J connectivity index is 1.44. The van der Waals surface area contributed by atoms with Crippen LogP contribution in [-0.2, 0) is 20.9 Å². The van der Waals surface area contributed by atoms with Crippen molar-refractivity contribution in [3.8, 4) is 0 Å². The predicted molar refractivity (Wildman–Crippen MR) is 117 cm³/mol. The topological polar surface area (TPSA) is 90.3 Å². The summed E-state index contributed by atoms with van der Waals surface area (Å²) in [5.74, 6) is -0.916. The molecule has 1 aromatic heterocycles. The summed E-state index contributed by atoms with van der Waals surface area (Å²) in [6.07, 6.45) is 1.40. The molecule has 9 heteroatoms. The monoisotopic (exact) mass is 459 g/mol. The summed E-state index contributed by atoms with van der Waals surface area (Å²) in [5, 5.41) is 7.94. The van der Waals surface area contributed by atoms with E-state index >= 15 is 0 Å². The molecule has 1 N–H and O–H groups in total. The van der Waals surface area contributed by atoms with Gasteiger partial charge in [-0.15, -0.1) is 0 Å². The molecule has 0 saturated heterocycles. The van der Waals surface area contributed by atoms with Gasteiger partial charge in [0.1, 0.15) is 5.82 Å². The van der Waals surface area contributed by atoms with Crippen molar-refractivity contribution in [1.82, 2.24) is 9.78 Å². The molecule has 0 fully saturated rings. The molecule has 0 aliphatic heterocycles. The molecule has 0 unspecified atom stereocenters. The zero-order valence-corrected chi connectivity index (χ0v) is 17.9. The third-order valence-electron chi connectivity index (χ3n) is 4.35. The lowest BCUT2D eigenvalue weighted by atomic mass is 10.1. The average Bonchev–Trinajstić information content (AvgIpc) is 3.19. The Morgan fingerprint density at radius 1 is 0.968 bits per heavy atom. The fourth-order valence-electron chi connectivity index (χ4n) is 2.75. The number of rotatable bonds is 9. The quantitative estimate of drug-likeness (QED) is 0.378. The van der Waals surface area contributed by atoms with Crippen LogP contribution >= 0.6 is 23.2 Å². The van der Waals surface area contributed by atoms with E-state index in [2.05, 4.69) is 10.4 Å². The molecule has 0 spiro atoms. The normalized spacial score (nSPS) is 10.5. The summed E-state index contributed by atoms with van der Waals surface area (Å²) >= 11 is 12.0. The molecule has 31 heavy (non-hydrogen) atoms. The summed E-state index contributed by atoms with van der Waals surface area (Å²) in [6.45, 7) is -0.0971. The van der Waals surface area contributed by atoms with Crippen LogP contribution < -0.4 is 5.32 Å². The van der Waals surface area contributed by atoms with E-state index in [-0.39, 0.29) is 18.6 Å². The molecule has 0 bridgehead atoms. The third kappa shape index (κ3) is 6.67. The second-order valence-corrected chi connectivity index (χ2v) is 7.45. The van der Waals surface area contributed by atoms with E-state index in [4.69, 9.17) is 27.9 Å². The number of amides is 1. The molecular weight excluding hydrogens is 441 g/mol. The van der Waals surface area contributed by atoms with Crippen LogP contribution in [0.5, 0.6) is 0 Å². The molecule has 0 atom stereocenters. The average molecular weight is 460 g/mol. The Labute approximate surface area is 188 Å². The first-order valence-electron chi connectivity index (χ1n) is 9.42. The Morgan fingerprint density at radius 2 is 1.71 bits per heavy atom. The second-order valence-electron chi connectivity index (χ2n) is 6.60. The number of carbonyl (C=O) groups is 3. The Bertz CT molecular complexity index is 1080. The van der Waals surface area contributed by atoms with Crippen molar-refractivity contribution in [3.05, 3.63) is 82.0 Å². The number of ketones is 1. The highest BCUT2D eigenvalue weighted by Crippen LogP contribution is 2.18. The van der Waals surface area contributed by atoms with Gasteiger partial charge in [0.15, 0.2) is 12.4 Å². The van der Waals surface area contributed by atoms with E-state index in [1.165, 1.54) is 0 Å². The number of hydrogen-bond donors (Lipinski definition) is 1. The number of esters is 1. The number of aromatic nitrogens is 2. The Morgan fingerprint density at radius 3 is 2.45 bits per heavy atom. The van der Waals surface area contributed by atoms with Gasteiger partial charge in [-0.05, 0) is 35.9 Å². The van der Waals surface area contributed by atoms with Crippen LogP contribution in [-0.4, -0.2) is 34.0 Å². The number of halogens is 2. The van der Waals surface area contributed by atoms with Gasteiger partial charge in [0.25, 0.3) is 5.91 Å². The van der Waals surface area contributed by atoms with Gasteiger partial charge in [-0.3, -0.25) is 14.4 Å². The van der Waals surface area contributed by atoms with Crippen molar-refractivity contribution in [2.75, 3.05) is 11.9 Å². The van der Waals surface area contributed by atoms with Crippen molar-refractivity contribution in [1.29, 1.82) is 0 Å². The number of ether oxygens (including phenoxy) is 1.